The molecule has 0 saturated carbocycles. The highest BCUT2D eigenvalue weighted by Crippen LogP contribution is 2.08. The maximum Gasteiger partial charge on any atom is 0.320 e. The molecule has 0 aromatic heterocycles. The third kappa shape index (κ3) is 1.44. The van der Waals surface area contributed by atoms with E-state index in [1.54, 1.807) is 0 Å². The zero-order chi connectivity index (χ0) is 7.56. The molecule has 1 rings (SSSR count). The van der Waals surface area contributed by atoms with Crippen molar-refractivity contribution in [2.75, 3.05) is 6.54 Å². The molecule has 1 saturated heterocycles. The molecule has 0 aromatic carbocycles. The zero-order valence-electron chi connectivity index (χ0n) is 5.28. The van der Waals surface area contributed by atoms with Crippen molar-refractivity contribution < 1.29 is 20.0 Å². The molecule has 3 N–H and O–H groups in total. The summed E-state index contributed by atoms with van der Waals surface area (Å²) in [5.41, 5.74) is 0. The van der Waals surface area contributed by atoms with E-state index in [2.05, 4.69) is 10.2 Å². The van der Waals surface area contributed by atoms with Gasteiger partial charge in [-0.3, -0.25) is 10.1 Å². The largest absolute Gasteiger partial charge is 0.480 e. The van der Waals surface area contributed by atoms with Crippen LogP contribution in [0.15, 0.2) is 0 Å². The minimum Gasteiger partial charge on any atom is -0.480 e. The van der Waals surface area contributed by atoms with Gasteiger partial charge in [0.05, 0.1) is 0 Å². The fourth-order valence-electron chi connectivity index (χ4n) is 0.972. The van der Waals surface area contributed by atoms with Crippen molar-refractivity contribution in [2.45, 2.75) is 18.6 Å². The van der Waals surface area contributed by atoms with Crippen molar-refractivity contribution in [3.05, 3.63) is 0 Å². The van der Waals surface area contributed by atoms with Gasteiger partial charge in [0.2, 0.25) is 0 Å². The maximum absolute atomic E-state index is 10.3. The van der Waals surface area contributed by atoms with Crippen LogP contribution in [-0.2, 0) is 9.68 Å². The van der Waals surface area contributed by atoms with Gasteiger partial charge in [-0.1, -0.05) is 0 Å². The summed E-state index contributed by atoms with van der Waals surface area (Å²) < 4.78 is 0. The van der Waals surface area contributed by atoms with Crippen molar-refractivity contribution in [1.82, 2.24) is 5.32 Å². The predicted octanol–water partition coefficient (Wildman–Crippen LogP) is -0.709. The predicted molar refractivity (Wildman–Crippen MR) is 31.5 cm³/mol. The van der Waals surface area contributed by atoms with E-state index in [1.165, 1.54) is 0 Å². The van der Waals surface area contributed by atoms with E-state index in [9.17, 15) is 4.79 Å². The molecule has 0 aliphatic carbocycles. The lowest BCUT2D eigenvalue weighted by molar-refractivity contribution is -0.273. The highest BCUT2D eigenvalue weighted by Gasteiger charge is 2.29. The lowest BCUT2D eigenvalue weighted by Crippen LogP contribution is -2.29. The molecule has 0 bridgehead atoms. The van der Waals surface area contributed by atoms with Crippen LogP contribution in [0.3, 0.4) is 0 Å². The standard InChI is InChI=1S/C5H9NO4/c7-5(8)4-1-3(10-9)2-6-4/h3-4,6,9H,1-2H2,(H,7,8)/t3-,4?/m1/s1. The average molecular weight is 147 g/mol. The van der Waals surface area contributed by atoms with Crippen molar-refractivity contribution in [1.29, 1.82) is 0 Å². The van der Waals surface area contributed by atoms with Gasteiger partial charge in [-0.15, -0.1) is 0 Å². The molecule has 5 heteroatoms. The molecule has 2 atom stereocenters. The maximum atomic E-state index is 10.3. The van der Waals surface area contributed by atoms with Crippen LogP contribution in [0.1, 0.15) is 6.42 Å². The van der Waals surface area contributed by atoms with Crippen LogP contribution in [0.2, 0.25) is 0 Å². The number of carboxylic acids is 1. The van der Waals surface area contributed by atoms with Gasteiger partial charge in [0.1, 0.15) is 12.1 Å². The first-order chi connectivity index (χ1) is 4.74. The number of hydrogen-bond donors (Lipinski definition) is 3. The van der Waals surface area contributed by atoms with Crippen LogP contribution in [0, 0.1) is 0 Å². The fraction of sp³-hybridized carbons (Fsp3) is 0.800. The number of nitrogens with one attached hydrogen (secondary N) is 1. The lowest BCUT2D eigenvalue weighted by Gasteiger charge is -2.01. The number of hydrogen-bond acceptors (Lipinski definition) is 4. The van der Waals surface area contributed by atoms with Crippen LogP contribution in [0.5, 0.6) is 0 Å². The topological polar surface area (TPSA) is 78.8 Å². The normalized spacial score (nSPS) is 32.5. The van der Waals surface area contributed by atoms with Crippen molar-refractivity contribution in [3.8, 4) is 0 Å². The van der Waals surface area contributed by atoms with Gasteiger partial charge in [-0.05, 0) is 0 Å². The number of carbonyl (C=O) groups is 1. The SMILES string of the molecule is O=C(O)C1C[C@@H](OO)CN1. The Bertz CT molecular complexity index is 138. The number of aliphatic carboxylic acids is 1. The summed E-state index contributed by atoms with van der Waals surface area (Å²) in [6.45, 7) is 0.396. The van der Waals surface area contributed by atoms with Crippen molar-refractivity contribution >= 4 is 5.97 Å². The van der Waals surface area contributed by atoms with Gasteiger partial charge in [0, 0.05) is 13.0 Å². The second-order valence-electron chi connectivity index (χ2n) is 2.26. The fourth-order valence-corrected chi connectivity index (χ4v) is 0.972. The van der Waals surface area contributed by atoms with Crippen LogP contribution < -0.4 is 5.32 Å². The summed E-state index contributed by atoms with van der Waals surface area (Å²) in [6.07, 6.45) is -0.0488. The van der Waals surface area contributed by atoms with Crippen molar-refractivity contribution in [3.63, 3.8) is 0 Å². The molecule has 0 radical (unpaired) electrons. The molecule has 1 aliphatic heterocycles. The Morgan fingerprint density at radius 3 is 2.70 bits per heavy atom. The van der Waals surface area contributed by atoms with E-state index in [1.807, 2.05) is 0 Å². The molecular weight excluding hydrogens is 138 g/mol. The summed E-state index contributed by atoms with van der Waals surface area (Å²) in [7, 11) is 0. The van der Waals surface area contributed by atoms with Gasteiger partial charge < -0.3 is 10.4 Å². The van der Waals surface area contributed by atoms with Crippen molar-refractivity contribution in [2.24, 2.45) is 0 Å². The molecule has 58 valence electrons. The van der Waals surface area contributed by atoms with Gasteiger partial charge >= 0.3 is 5.97 Å². The minimum absolute atomic E-state index is 0.325. The minimum atomic E-state index is -0.903. The summed E-state index contributed by atoms with van der Waals surface area (Å²) in [5.74, 6) is -0.903. The first kappa shape index (κ1) is 7.46. The smallest absolute Gasteiger partial charge is 0.320 e. The van der Waals surface area contributed by atoms with Gasteiger partial charge in [0.15, 0.2) is 0 Å². The van der Waals surface area contributed by atoms with Crippen LogP contribution >= 0.6 is 0 Å². The second-order valence-corrected chi connectivity index (χ2v) is 2.26. The molecule has 1 unspecified atom stereocenters. The molecule has 1 aliphatic rings. The molecule has 1 fully saturated rings. The first-order valence-corrected chi connectivity index (χ1v) is 3.00. The van der Waals surface area contributed by atoms with E-state index < -0.39 is 12.0 Å². The lowest BCUT2D eigenvalue weighted by atomic mass is 10.2. The number of rotatable bonds is 2. The Labute approximate surface area is 57.5 Å². The summed E-state index contributed by atoms with van der Waals surface area (Å²) >= 11 is 0. The summed E-state index contributed by atoms with van der Waals surface area (Å²) in [6, 6.07) is -0.572. The van der Waals surface area contributed by atoms with Gasteiger partial charge in [0.25, 0.3) is 0 Å². The Hall–Kier alpha value is -0.650. The highest BCUT2D eigenvalue weighted by atomic mass is 17.1. The van der Waals surface area contributed by atoms with E-state index >= 15 is 0 Å². The third-order valence-corrected chi connectivity index (χ3v) is 1.54. The van der Waals surface area contributed by atoms with E-state index in [0.717, 1.165) is 0 Å². The quantitative estimate of drug-likeness (QED) is 0.355. The Morgan fingerprint density at radius 2 is 2.40 bits per heavy atom. The molecule has 5 nitrogen and oxygen atoms in total. The molecular formula is C5H9NO4. The molecule has 10 heavy (non-hydrogen) atoms. The van der Waals surface area contributed by atoms with E-state index in [0.29, 0.717) is 13.0 Å². The Balaban J connectivity index is 2.35. The van der Waals surface area contributed by atoms with Crippen LogP contribution in [0.25, 0.3) is 0 Å². The van der Waals surface area contributed by atoms with E-state index in [4.69, 9.17) is 10.4 Å². The molecule has 0 aromatic rings. The Kier molecular flexibility index (Phi) is 2.21. The second kappa shape index (κ2) is 2.96. The van der Waals surface area contributed by atoms with Gasteiger partial charge in [-0.2, -0.15) is 0 Å². The summed E-state index contributed by atoms with van der Waals surface area (Å²) in [5, 5.41) is 19.2. The average Bonchev–Trinajstić information content (AvgIpc) is 2.34. The van der Waals surface area contributed by atoms with Crippen LogP contribution in [0.4, 0.5) is 0 Å². The van der Waals surface area contributed by atoms with E-state index in [-0.39, 0.29) is 6.10 Å². The molecule has 0 spiro atoms. The van der Waals surface area contributed by atoms with Gasteiger partial charge in [-0.25, -0.2) is 4.89 Å². The highest BCUT2D eigenvalue weighted by molar-refractivity contribution is 5.73. The summed E-state index contributed by atoms with van der Waals surface area (Å²) in [4.78, 5) is 14.2. The Morgan fingerprint density at radius 1 is 1.70 bits per heavy atom. The van der Waals surface area contributed by atoms with Crippen LogP contribution in [-0.4, -0.2) is 35.0 Å². The monoisotopic (exact) mass is 147 g/mol. The molecule has 1 heterocycles. The first-order valence-electron chi connectivity index (χ1n) is 3.00. The third-order valence-electron chi connectivity index (χ3n) is 1.54. The number of carboxylic acid groups (broad SMARTS) is 1. The molecule has 0 amide bonds. The zero-order valence-corrected chi connectivity index (χ0v) is 5.28.